The van der Waals surface area contributed by atoms with Gasteiger partial charge in [-0.25, -0.2) is 0 Å². The minimum Gasteiger partial charge on any atom is -0.496 e. The predicted molar refractivity (Wildman–Crippen MR) is 103 cm³/mol. The van der Waals surface area contributed by atoms with Crippen molar-refractivity contribution in [3.05, 3.63) is 69.7 Å². The van der Waals surface area contributed by atoms with Gasteiger partial charge in [0.2, 0.25) is 0 Å². The molecule has 7 heteroatoms. The number of aryl methyl sites for hydroxylation is 1. The van der Waals surface area contributed by atoms with Crippen LogP contribution in [0.2, 0.25) is 0 Å². The molecule has 0 fully saturated rings. The van der Waals surface area contributed by atoms with Crippen molar-refractivity contribution in [3.8, 4) is 5.75 Å². The molecular weight excluding hydrogens is 396 g/mol. The van der Waals surface area contributed by atoms with Crippen LogP contribution in [0.1, 0.15) is 27.2 Å². The van der Waals surface area contributed by atoms with Gasteiger partial charge in [-0.3, -0.25) is 14.2 Å². The molecule has 0 aliphatic carbocycles. The normalized spacial score (nSPS) is 11.2. The van der Waals surface area contributed by atoms with Gasteiger partial charge in [0.05, 0.1) is 36.1 Å². The van der Waals surface area contributed by atoms with Crippen LogP contribution in [0.4, 0.5) is 0 Å². The monoisotopic (exact) mass is 414 g/mol. The summed E-state index contributed by atoms with van der Waals surface area (Å²) in [4.78, 5) is 12.4. The molecule has 1 aromatic carbocycles. The first-order valence-electron chi connectivity index (χ1n) is 8.04. The third-order valence-electron chi connectivity index (χ3n) is 4.17. The molecule has 0 saturated heterocycles. The van der Waals surface area contributed by atoms with Gasteiger partial charge in [0.15, 0.2) is 5.78 Å². The number of hydrogen-bond acceptors (Lipinski definition) is 4. The summed E-state index contributed by atoms with van der Waals surface area (Å²) >= 11 is 3.40. The predicted octanol–water partition coefficient (Wildman–Crippen LogP) is 3.64. The van der Waals surface area contributed by atoms with Gasteiger partial charge in [0, 0.05) is 24.5 Å². The van der Waals surface area contributed by atoms with Crippen LogP contribution in [-0.4, -0.2) is 32.5 Å². The Labute approximate surface area is 160 Å². The number of carbonyl (C=O) groups is 1. The van der Waals surface area contributed by atoms with Crippen molar-refractivity contribution in [2.24, 2.45) is 7.05 Å². The summed E-state index contributed by atoms with van der Waals surface area (Å²) in [7, 11) is 3.46. The number of aromatic nitrogens is 4. The van der Waals surface area contributed by atoms with Crippen LogP contribution in [0.5, 0.6) is 5.75 Å². The number of rotatable bonds is 6. The van der Waals surface area contributed by atoms with E-state index in [2.05, 4.69) is 26.1 Å². The summed E-state index contributed by atoms with van der Waals surface area (Å²) in [5, 5.41) is 8.38. The standard InChI is InChI=1S/C19H19BrN4O2/c1-13-17(10-21-23(13)2)18(25)6-4-14-5-7-19(26-3)15(8-14)11-24-12-16(20)9-22-24/h4-10,12H,11H2,1-3H3/b6-4+. The highest BCUT2D eigenvalue weighted by Crippen LogP contribution is 2.22. The molecule has 2 aromatic heterocycles. The zero-order valence-electron chi connectivity index (χ0n) is 14.8. The van der Waals surface area contributed by atoms with Crippen molar-refractivity contribution in [2.75, 3.05) is 7.11 Å². The molecule has 0 spiro atoms. The Bertz CT molecular complexity index is 972. The summed E-state index contributed by atoms with van der Waals surface area (Å²) in [6.07, 6.45) is 8.61. The second-order valence-corrected chi connectivity index (χ2v) is 6.81. The summed E-state index contributed by atoms with van der Waals surface area (Å²) in [5.41, 5.74) is 3.36. The number of halogens is 1. The summed E-state index contributed by atoms with van der Waals surface area (Å²) in [6, 6.07) is 5.81. The molecule has 0 radical (unpaired) electrons. The van der Waals surface area contributed by atoms with E-state index in [4.69, 9.17) is 4.74 Å². The first kappa shape index (κ1) is 18.1. The molecule has 134 valence electrons. The summed E-state index contributed by atoms with van der Waals surface area (Å²) in [6.45, 7) is 2.45. The van der Waals surface area contributed by atoms with Crippen molar-refractivity contribution < 1.29 is 9.53 Å². The van der Waals surface area contributed by atoms with Crippen LogP contribution in [0.25, 0.3) is 6.08 Å². The zero-order valence-corrected chi connectivity index (χ0v) is 16.4. The first-order valence-corrected chi connectivity index (χ1v) is 8.83. The van der Waals surface area contributed by atoms with Crippen molar-refractivity contribution in [1.82, 2.24) is 19.6 Å². The van der Waals surface area contributed by atoms with E-state index in [1.807, 2.05) is 43.0 Å². The molecular formula is C19H19BrN4O2. The fraction of sp³-hybridized carbons (Fsp3) is 0.211. The van der Waals surface area contributed by atoms with Gasteiger partial charge in [-0.2, -0.15) is 10.2 Å². The van der Waals surface area contributed by atoms with E-state index in [1.54, 1.807) is 36.3 Å². The van der Waals surface area contributed by atoms with E-state index in [1.165, 1.54) is 0 Å². The second-order valence-electron chi connectivity index (χ2n) is 5.89. The van der Waals surface area contributed by atoms with Gasteiger partial charge in [0.25, 0.3) is 0 Å². The largest absolute Gasteiger partial charge is 0.496 e. The maximum Gasteiger partial charge on any atom is 0.189 e. The molecule has 2 heterocycles. The number of benzene rings is 1. The molecule has 0 aliphatic rings. The lowest BCUT2D eigenvalue weighted by Crippen LogP contribution is -2.02. The third-order valence-corrected chi connectivity index (χ3v) is 4.58. The lowest BCUT2D eigenvalue weighted by Gasteiger charge is -2.09. The quantitative estimate of drug-likeness (QED) is 0.456. The van der Waals surface area contributed by atoms with E-state index in [0.717, 1.165) is 27.0 Å². The van der Waals surface area contributed by atoms with Gasteiger partial charge in [-0.15, -0.1) is 0 Å². The highest BCUT2D eigenvalue weighted by atomic mass is 79.9. The van der Waals surface area contributed by atoms with Gasteiger partial charge in [-0.05, 0) is 46.6 Å². The van der Waals surface area contributed by atoms with Crippen LogP contribution in [-0.2, 0) is 13.6 Å². The number of hydrogen-bond donors (Lipinski definition) is 0. The average molecular weight is 415 g/mol. The molecule has 3 aromatic rings. The minimum absolute atomic E-state index is 0.0658. The Morgan fingerprint density at radius 3 is 2.73 bits per heavy atom. The number of carbonyl (C=O) groups excluding carboxylic acids is 1. The third kappa shape index (κ3) is 3.94. The van der Waals surface area contributed by atoms with E-state index < -0.39 is 0 Å². The van der Waals surface area contributed by atoms with Gasteiger partial charge in [-0.1, -0.05) is 12.1 Å². The fourth-order valence-electron chi connectivity index (χ4n) is 2.63. The Morgan fingerprint density at radius 1 is 1.31 bits per heavy atom. The van der Waals surface area contributed by atoms with Crippen LogP contribution < -0.4 is 4.74 Å². The number of allylic oxidation sites excluding steroid dienone is 1. The van der Waals surface area contributed by atoms with Crippen molar-refractivity contribution in [2.45, 2.75) is 13.5 Å². The molecule has 0 atom stereocenters. The maximum atomic E-state index is 12.4. The smallest absolute Gasteiger partial charge is 0.189 e. The highest BCUT2D eigenvalue weighted by molar-refractivity contribution is 9.10. The molecule has 0 unspecified atom stereocenters. The van der Waals surface area contributed by atoms with Crippen LogP contribution >= 0.6 is 15.9 Å². The molecule has 0 N–H and O–H groups in total. The van der Waals surface area contributed by atoms with E-state index in [9.17, 15) is 4.79 Å². The van der Waals surface area contributed by atoms with Gasteiger partial charge < -0.3 is 4.74 Å². The molecule has 0 amide bonds. The molecule has 3 rings (SSSR count). The van der Waals surface area contributed by atoms with Crippen molar-refractivity contribution in [3.63, 3.8) is 0 Å². The van der Waals surface area contributed by atoms with Gasteiger partial charge in [0.1, 0.15) is 5.75 Å². The number of ketones is 1. The Kier molecular flexibility index (Phi) is 5.37. The summed E-state index contributed by atoms with van der Waals surface area (Å²) in [5.74, 6) is 0.715. The average Bonchev–Trinajstić information content (AvgIpc) is 3.19. The molecule has 0 aliphatic heterocycles. The van der Waals surface area contributed by atoms with E-state index >= 15 is 0 Å². The maximum absolute atomic E-state index is 12.4. The van der Waals surface area contributed by atoms with E-state index in [0.29, 0.717) is 12.1 Å². The van der Waals surface area contributed by atoms with Crippen molar-refractivity contribution in [1.29, 1.82) is 0 Å². The fourth-order valence-corrected chi connectivity index (χ4v) is 2.96. The molecule has 0 saturated carbocycles. The Hall–Kier alpha value is -2.67. The highest BCUT2D eigenvalue weighted by Gasteiger charge is 2.10. The minimum atomic E-state index is -0.0658. The van der Waals surface area contributed by atoms with Crippen molar-refractivity contribution >= 4 is 27.8 Å². The van der Waals surface area contributed by atoms with Gasteiger partial charge >= 0.3 is 0 Å². The number of nitrogens with zero attached hydrogens (tertiary/aromatic N) is 4. The number of ether oxygens (including phenoxy) is 1. The lowest BCUT2D eigenvalue weighted by atomic mass is 10.1. The lowest BCUT2D eigenvalue weighted by molar-refractivity contribution is 0.104. The zero-order chi connectivity index (χ0) is 18.7. The Morgan fingerprint density at radius 2 is 2.12 bits per heavy atom. The molecule has 0 bridgehead atoms. The molecule has 26 heavy (non-hydrogen) atoms. The van der Waals surface area contributed by atoms with Crippen LogP contribution in [0.3, 0.4) is 0 Å². The molecule has 6 nitrogen and oxygen atoms in total. The Balaban J connectivity index is 1.82. The van der Waals surface area contributed by atoms with Crippen LogP contribution in [0.15, 0.2) is 47.3 Å². The summed E-state index contributed by atoms with van der Waals surface area (Å²) < 4.78 is 9.87. The topological polar surface area (TPSA) is 61.9 Å². The van der Waals surface area contributed by atoms with Crippen LogP contribution in [0, 0.1) is 6.92 Å². The second kappa shape index (κ2) is 7.70. The first-order chi connectivity index (χ1) is 12.5. The number of methoxy groups -OCH3 is 1. The SMILES string of the molecule is COc1ccc(/C=C/C(=O)c2cnn(C)c2C)cc1Cn1cc(Br)cn1. The van der Waals surface area contributed by atoms with E-state index in [-0.39, 0.29) is 5.78 Å².